The minimum Gasteiger partial charge on any atom is -0.382 e. The molecule has 0 saturated carbocycles. The molecular formula is C9H13F3N2O3. The summed E-state index contributed by atoms with van der Waals surface area (Å²) in [5.41, 5.74) is 0. The molecule has 98 valence electrons. The Hall–Kier alpha value is -1.31. The molecule has 1 saturated heterocycles. The molecule has 1 atom stereocenters. The van der Waals surface area contributed by atoms with E-state index in [4.69, 9.17) is 5.11 Å². The first-order valence-electron chi connectivity index (χ1n) is 5.10. The van der Waals surface area contributed by atoms with Crippen LogP contribution in [-0.4, -0.2) is 65.2 Å². The largest absolute Gasteiger partial charge is 0.416 e. The van der Waals surface area contributed by atoms with Crippen molar-refractivity contribution in [3.05, 3.63) is 0 Å². The Labute approximate surface area is 95.8 Å². The van der Waals surface area contributed by atoms with Crippen molar-refractivity contribution in [3.63, 3.8) is 0 Å². The number of hydrogen-bond donors (Lipinski definition) is 1. The number of hydrogen-bond acceptors (Lipinski definition) is 3. The van der Waals surface area contributed by atoms with E-state index in [2.05, 4.69) is 0 Å². The molecule has 17 heavy (non-hydrogen) atoms. The lowest BCUT2D eigenvalue weighted by atomic mass is 10.2. The highest BCUT2D eigenvalue weighted by Crippen LogP contribution is 2.21. The highest BCUT2D eigenvalue weighted by atomic mass is 19.4. The van der Waals surface area contributed by atoms with E-state index in [0.717, 1.165) is 4.90 Å². The van der Waals surface area contributed by atoms with Crippen LogP contribution in [0.3, 0.4) is 0 Å². The first-order chi connectivity index (χ1) is 7.77. The quantitative estimate of drug-likeness (QED) is 0.697. The maximum absolute atomic E-state index is 12.1. The molecule has 1 rings (SSSR count). The van der Waals surface area contributed by atoms with Gasteiger partial charge in [-0.15, -0.1) is 0 Å². The Morgan fingerprint density at radius 2 is 1.71 bits per heavy atom. The predicted octanol–water partition coefficient (Wildman–Crippen LogP) is -0.400. The zero-order chi connectivity index (χ0) is 13.2. The standard InChI is InChI=1S/C9H13F3N2O3/c1-2-13-3-4-14(8(17)7(13)16)5-6(15)9(10,11)12/h6,15H,2-5H2,1H3. The fourth-order valence-electron chi connectivity index (χ4n) is 1.50. The van der Waals surface area contributed by atoms with Gasteiger partial charge >= 0.3 is 18.0 Å². The summed E-state index contributed by atoms with van der Waals surface area (Å²) in [5, 5.41) is 8.82. The summed E-state index contributed by atoms with van der Waals surface area (Å²) in [6.07, 6.45) is -7.40. The third-order valence-electron chi connectivity index (χ3n) is 2.55. The Bertz CT molecular complexity index is 319. The van der Waals surface area contributed by atoms with Gasteiger partial charge in [-0.3, -0.25) is 9.59 Å². The van der Waals surface area contributed by atoms with Crippen LogP contribution < -0.4 is 0 Å². The van der Waals surface area contributed by atoms with Crippen LogP contribution >= 0.6 is 0 Å². The molecule has 0 aromatic heterocycles. The van der Waals surface area contributed by atoms with Gasteiger partial charge in [0.1, 0.15) is 0 Å². The summed E-state index contributed by atoms with van der Waals surface area (Å²) in [6, 6.07) is 0. The van der Waals surface area contributed by atoms with E-state index in [9.17, 15) is 22.8 Å². The summed E-state index contributed by atoms with van der Waals surface area (Å²) < 4.78 is 36.3. The number of alkyl halides is 3. The van der Waals surface area contributed by atoms with Crippen molar-refractivity contribution in [3.8, 4) is 0 Å². The van der Waals surface area contributed by atoms with Gasteiger partial charge in [-0.05, 0) is 6.92 Å². The maximum Gasteiger partial charge on any atom is 0.416 e. The molecule has 1 unspecified atom stereocenters. The number of carbonyl (C=O) groups is 2. The van der Waals surface area contributed by atoms with Crippen LogP contribution in [0.2, 0.25) is 0 Å². The van der Waals surface area contributed by atoms with Crippen LogP contribution in [0.4, 0.5) is 13.2 Å². The van der Waals surface area contributed by atoms with Crippen LogP contribution in [0.15, 0.2) is 0 Å². The van der Waals surface area contributed by atoms with Gasteiger partial charge in [0, 0.05) is 19.6 Å². The predicted molar refractivity (Wildman–Crippen MR) is 50.9 cm³/mol. The average molecular weight is 254 g/mol. The number of piperazine rings is 1. The zero-order valence-electron chi connectivity index (χ0n) is 9.20. The number of rotatable bonds is 3. The normalized spacial score (nSPS) is 19.8. The summed E-state index contributed by atoms with van der Waals surface area (Å²) in [6.45, 7) is 1.30. The Morgan fingerprint density at radius 1 is 1.24 bits per heavy atom. The van der Waals surface area contributed by atoms with Gasteiger partial charge < -0.3 is 14.9 Å². The third kappa shape index (κ3) is 3.09. The van der Waals surface area contributed by atoms with Gasteiger partial charge in [0.05, 0.1) is 6.54 Å². The molecule has 1 N–H and O–H groups in total. The second-order valence-corrected chi connectivity index (χ2v) is 3.69. The topological polar surface area (TPSA) is 60.9 Å². The molecule has 1 aliphatic heterocycles. The van der Waals surface area contributed by atoms with E-state index in [0.29, 0.717) is 6.54 Å². The lowest BCUT2D eigenvalue weighted by Gasteiger charge is -2.34. The maximum atomic E-state index is 12.1. The molecule has 1 heterocycles. The van der Waals surface area contributed by atoms with Crippen molar-refractivity contribution >= 4 is 11.8 Å². The van der Waals surface area contributed by atoms with Gasteiger partial charge in [-0.1, -0.05) is 0 Å². The number of amides is 2. The Kier molecular flexibility index (Phi) is 3.97. The van der Waals surface area contributed by atoms with Gasteiger partial charge in [0.2, 0.25) is 0 Å². The number of nitrogens with zero attached hydrogens (tertiary/aromatic N) is 2. The number of aliphatic hydroxyl groups is 1. The fourth-order valence-corrected chi connectivity index (χ4v) is 1.50. The van der Waals surface area contributed by atoms with Gasteiger partial charge in [0.25, 0.3) is 0 Å². The molecule has 0 aromatic rings. The van der Waals surface area contributed by atoms with Crippen LogP contribution in [0.25, 0.3) is 0 Å². The molecule has 0 aliphatic carbocycles. The molecule has 2 amide bonds. The summed E-state index contributed by atoms with van der Waals surface area (Å²) >= 11 is 0. The highest BCUT2D eigenvalue weighted by Gasteiger charge is 2.42. The fraction of sp³-hybridized carbons (Fsp3) is 0.778. The minimum atomic E-state index is -4.79. The van der Waals surface area contributed by atoms with Crippen LogP contribution in [0.1, 0.15) is 6.92 Å². The smallest absolute Gasteiger partial charge is 0.382 e. The average Bonchev–Trinajstić information content (AvgIpc) is 2.23. The van der Waals surface area contributed by atoms with E-state index in [1.165, 1.54) is 4.90 Å². The van der Waals surface area contributed by atoms with Gasteiger partial charge in [0.15, 0.2) is 6.10 Å². The van der Waals surface area contributed by atoms with E-state index in [-0.39, 0.29) is 13.1 Å². The monoisotopic (exact) mass is 254 g/mol. The SMILES string of the molecule is CCN1CCN(CC(O)C(F)(F)F)C(=O)C1=O. The van der Waals surface area contributed by atoms with E-state index >= 15 is 0 Å². The molecule has 5 nitrogen and oxygen atoms in total. The van der Waals surface area contributed by atoms with Crippen molar-refractivity contribution < 1.29 is 27.9 Å². The Morgan fingerprint density at radius 3 is 2.18 bits per heavy atom. The van der Waals surface area contributed by atoms with Crippen molar-refractivity contribution in [2.24, 2.45) is 0 Å². The third-order valence-corrected chi connectivity index (χ3v) is 2.55. The van der Waals surface area contributed by atoms with Crippen LogP contribution in [-0.2, 0) is 9.59 Å². The van der Waals surface area contributed by atoms with E-state index in [1.54, 1.807) is 6.92 Å². The molecule has 0 bridgehead atoms. The molecule has 1 fully saturated rings. The number of aliphatic hydroxyl groups excluding tert-OH is 1. The van der Waals surface area contributed by atoms with Crippen molar-refractivity contribution in [2.45, 2.75) is 19.2 Å². The van der Waals surface area contributed by atoms with Crippen LogP contribution in [0, 0.1) is 0 Å². The number of halogens is 3. The minimum absolute atomic E-state index is 0.00551. The van der Waals surface area contributed by atoms with Gasteiger partial charge in [-0.25, -0.2) is 0 Å². The lowest BCUT2D eigenvalue weighted by molar-refractivity contribution is -0.209. The number of carbonyl (C=O) groups excluding carboxylic acids is 2. The summed E-state index contributed by atoms with van der Waals surface area (Å²) in [5.74, 6) is -1.82. The van der Waals surface area contributed by atoms with Gasteiger partial charge in [-0.2, -0.15) is 13.2 Å². The molecule has 1 aliphatic rings. The molecule has 8 heteroatoms. The Balaban J connectivity index is 2.63. The second-order valence-electron chi connectivity index (χ2n) is 3.69. The summed E-state index contributed by atoms with van der Waals surface area (Å²) in [7, 11) is 0. The lowest BCUT2D eigenvalue weighted by Crippen LogP contribution is -2.56. The van der Waals surface area contributed by atoms with Crippen LogP contribution in [0.5, 0.6) is 0 Å². The molecule has 0 aromatic carbocycles. The van der Waals surface area contributed by atoms with Crippen molar-refractivity contribution in [1.29, 1.82) is 0 Å². The van der Waals surface area contributed by atoms with Crippen molar-refractivity contribution in [1.82, 2.24) is 9.80 Å². The van der Waals surface area contributed by atoms with Crippen molar-refractivity contribution in [2.75, 3.05) is 26.2 Å². The molecule has 0 radical (unpaired) electrons. The van der Waals surface area contributed by atoms with E-state index in [1.807, 2.05) is 0 Å². The highest BCUT2D eigenvalue weighted by molar-refractivity contribution is 6.35. The second kappa shape index (κ2) is 4.91. The zero-order valence-corrected chi connectivity index (χ0v) is 9.20. The number of likely N-dealkylation sites (N-methyl/N-ethyl adjacent to an activating group) is 1. The molecule has 0 spiro atoms. The summed E-state index contributed by atoms with van der Waals surface area (Å²) in [4.78, 5) is 24.8. The first-order valence-corrected chi connectivity index (χ1v) is 5.10. The van der Waals surface area contributed by atoms with E-state index < -0.39 is 30.6 Å². The number of β-amino-alcohol motifs (C(OH)–C–C–N with tert-alkyl or cyclic N) is 1. The molecular weight excluding hydrogens is 241 g/mol. The first kappa shape index (κ1) is 13.8.